The minimum Gasteiger partial charge on any atom is -0.478 e. The van der Waals surface area contributed by atoms with E-state index in [1.54, 1.807) is 0 Å². The zero-order valence-electron chi connectivity index (χ0n) is 10.7. The molecule has 21 heavy (non-hydrogen) atoms. The van der Waals surface area contributed by atoms with Crippen molar-refractivity contribution in [2.24, 2.45) is 0 Å². The summed E-state index contributed by atoms with van der Waals surface area (Å²) in [6, 6.07) is 6.09. The van der Waals surface area contributed by atoms with Crippen LogP contribution in [0.5, 0.6) is 0 Å². The van der Waals surface area contributed by atoms with Gasteiger partial charge in [0.1, 0.15) is 16.5 Å². The molecule has 2 aromatic rings. The minimum atomic E-state index is -1.16. The summed E-state index contributed by atoms with van der Waals surface area (Å²) >= 11 is 0.908. The van der Waals surface area contributed by atoms with Crippen LogP contribution in [0.25, 0.3) is 0 Å². The van der Waals surface area contributed by atoms with Crippen LogP contribution < -0.4 is 0 Å². The van der Waals surface area contributed by atoms with Crippen molar-refractivity contribution in [2.45, 2.75) is 16.8 Å². The van der Waals surface area contributed by atoms with Gasteiger partial charge in [-0.1, -0.05) is 11.8 Å². The van der Waals surface area contributed by atoms with Crippen LogP contribution in [0.1, 0.15) is 16.1 Å². The third-order valence-corrected chi connectivity index (χ3v) is 3.59. The second-order valence-electron chi connectivity index (χ2n) is 4.06. The Bertz CT molecular complexity index is 736. The number of carbonyl (C=O) groups is 1. The van der Waals surface area contributed by atoms with Crippen molar-refractivity contribution in [2.75, 3.05) is 0 Å². The lowest BCUT2D eigenvalue weighted by molar-refractivity contribution is -0.385. The Labute approximate surface area is 122 Å². The number of aromatic carboxylic acids is 1. The summed E-state index contributed by atoms with van der Waals surface area (Å²) in [4.78, 5) is 25.1. The van der Waals surface area contributed by atoms with E-state index in [-0.39, 0.29) is 21.8 Å². The van der Waals surface area contributed by atoms with E-state index in [1.165, 1.54) is 25.1 Å². The average Bonchev–Trinajstić information content (AvgIpc) is 2.40. The summed E-state index contributed by atoms with van der Waals surface area (Å²) in [5, 5.41) is 19.9. The van der Waals surface area contributed by atoms with Gasteiger partial charge in [-0.2, -0.15) is 0 Å². The van der Waals surface area contributed by atoms with E-state index in [9.17, 15) is 19.3 Å². The lowest BCUT2D eigenvalue weighted by Gasteiger charge is -2.05. The van der Waals surface area contributed by atoms with E-state index < -0.39 is 16.7 Å². The van der Waals surface area contributed by atoms with Gasteiger partial charge in [0.25, 0.3) is 5.69 Å². The van der Waals surface area contributed by atoms with E-state index in [0.29, 0.717) is 5.03 Å². The molecule has 0 aliphatic carbocycles. The topological polar surface area (TPSA) is 93.3 Å². The Morgan fingerprint density at radius 2 is 2.10 bits per heavy atom. The molecule has 2 rings (SSSR count). The largest absolute Gasteiger partial charge is 0.478 e. The third kappa shape index (κ3) is 3.34. The van der Waals surface area contributed by atoms with Gasteiger partial charge >= 0.3 is 5.97 Å². The molecule has 8 heteroatoms. The monoisotopic (exact) mass is 308 g/mol. The first-order valence-corrected chi connectivity index (χ1v) is 6.53. The number of hydrogen-bond donors (Lipinski definition) is 1. The molecule has 1 heterocycles. The lowest BCUT2D eigenvalue weighted by Crippen LogP contribution is -1.98. The molecular formula is C13H9FN2O4S. The van der Waals surface area contributed by atoms with Crippen molar-refractivity contribution in [1.29, 1.82) is 0 Å². The Morgan fingerprint density at radius 3 is 2.67 bits per heavy atom. The number of pyridine rings is 1. The van der Waals surface area contributed by atoms with Crippen molar-refractivity contribution in [3.63, 3.8) is 0 Å². The summed E-state index contributed by atoms with van der Waals surface area (Å²) in [5.74, 6) is -1.74. The van der Waals surface area contributed by atoms with Gasteiger partial charge in [0.2, 0.25) is 0 Å². The fourth-order valence-electron chi connectivity index (χ4n) is 1.61. The Morgan fingerprint density at radius 1 is 1.38 bits per heavy atom. The van der Waals surface area contributed by atoms with Crippen LogP contribution in [0.4, 0.5) is 10.1 Å². The van der Waals surface area contributed by atoms with Gasteiger partial charge in [-0.25, -0.2) is 14.2 Å². The first-order valence-electron chi connectivity index (χ1n) is 5.71. The maximum absolute atomic E-state index is 13.7. The van der Waals surface area contributed by atoms with Gasteiger partial charge in [-0.3, -0.25) is 10.1 Å². The molecule has 0 radical (unpaired) electrons. The molecule has 0 aliphatic heterocycles. The molecule has 1 aromatic heterocycles. The highest BCUT2D eigenvalue weighted by Gasteiger charge is 2.14. The summed E-state index contributed by atoms with van der Waals surface area (Å²) in [7, 11) is 0. The average molecular weight is 308 g/mol. The van der Waals surface area contributed by atoms with Crippen LogP contribution in [0, 0.1) is 22.9 Å². The summed E-state index contributed by atoms with van der Waals surface area (Å²) in [6.45, 7) is 1.48. The maximum atomic E-state index is 13.7. The molecule has 0 fully saturated rings. The first-order chi connectivity index (χ1) is 9.88. The predicted octanol–water partition coefficient (Wildman–Crippen LogP) is 3.29. The van der Waals surface area contributed by atoms with E-state index >= 15 is 0 Å². The number of nitro groups is 1. The molecule has 0 unspecified atom stereocenters. The molecule has 6 nitrogen and oxygen atoms in total. The molecule has 0 saturated heterocycles. The van der Waals surface area contributed by atoms with Gasteiger partial charge in [-0.05, 0) is 31.2 Å². The smallest absolute Gasteiger partial charge is 0.335 e. The highest BCUT2D eigenvalue weighted by Crippen LogP contribution is 2.31. The molecule has 0 aliphatic rings. The number of nitrogens with zero attached hydrogens (tertiary/aromatic N) is 2. The normalized spacial score (nSPS) is 10.4. The lowest BCUT2D eigenvalue weighted by atomic mass is 10.2. The van der Waals surface area contributed by atoms with Crippen molar-refractivity contribution < 1.29 is 19.2 Å². The third-order valence-electron chi connectivity index (χ3n) is 2.62. The minimum absolute atomic E-state index is 0.0440. The molecule has 0 bridgehead atoms. The molecule has 0 amide bonds. The number of aryl methyl sites for hydroxylation is 1. The summed E-state index contributed by atoms with van der Waals surface area (Å²) in [6.07, 6.45) is 0. The summed E-state index contributed by atoms with van der Waals surface area (Å²) < 4.78 is 13.7. The zero-order valence-corrected chi connectivity index (χ0v) is 11.6. The molecule has 0 atom stereocenters. The molecule has 1 aromatic carbocycles. The Balaban J connectivity index is 2.34. The highest BCUT2D eigenvalue weighted by molar-refractivity contribution is 7.99. The van der Waals surface area contributed by atoms with E-state index in [2.05, 4.69) is 4.98 Å². The van der Waals surface area contributed by atoms with Crippen molar-refractivity contribution >= 4 is 23.4 Å². The number of halogens is 1. The number of rotatable bonds is 4. The number of carboxylic acids is 1. The fourth-order valence-corrected chi connectivity index (χ4v) is 2.50. The molecule has 0 spiro atoms. The predicted molar refractivity (Wildman–Crippen MR) is 73.1 cm³/mol. The number of benzene rings is 1. The van der Waals surface area contributed by atoms with Gasteiger partial charge in [0, 0.05) is 6.07 Å². The highest BCUT2D eigenvalue weighted by atomic mass is 32.2. The zero-order chi connectivity index (χ0) is 15.6. The van der Waals surface area contributed by atoms with Crippen molar-refractivity contribution in [3.05, 3.63) is 57.5 Å². The molecule has 1 N–H and O–H groups in total. The van der Waals surface area contributed by atoms with Crippen LogP contribution in [0.3, 0.4) is 0 Å². The van der Waals surface area contributed by atoms with Gasteiger partial charge in [-0.15, -0.1) is 0 Å². The molecule has 108 valence electrons. The number of aromatic nitrogens is 1. The van der Waals surface area contributed by atoms with Crippen molar-refractivity contribution in [1.82, 2.24) is 4.98 Å². The van der Waals surface area contributed by atoms with Crippen molar-refractivity contribution in [3.8, 4) is 0 Å². The SMILES string of the molecule is Cc1nc(Sc2cc(C(=O)O)ccc2F)ccc1[N+](=O)[O-]. The van der Waals surface area contributed by atoms with Gasteiger partial charge in [0.15, 0.2) is 0 Å². The Kier molecular flexibility index (Phi) is 4.18. The van der Waals surface area contributed by atoms with E-state index in [1.807, 2.05) is 0 Å². The maximum Gasteiger partial charge on any atom is 0.335 e. The van der Waals surface area contributed by atoms with Crippen LogP contribution in [0.15, 0.2) is 40.3 Å². The fraction of sp³-hybridized carbons (Fsp3) is 0.0769. The van der Waals surface area contributed by atoms with Crippen LogP contribution in [-0.4, -0.2) is 21.0 Å². The second kappa shape index (κ2) is 5.88. The van der Waals surface area contributed by atoms with E-state index in [4.69, 9.17) is 5.11 Å². The molecular weight excluding hydrogens is 299 g/mol. The van der Waals surface area contributed by atoms with E-state index in [0.717, 1.165) is 23.9 Å². The van der Waals surface area contributed by atoms with Crippen LogP contribution in [-0.2, 0) is 0 Å². The second-order valence-corrected chi connectivity index (χ2v) is 5.13. The quantitative estimate of drug-likeness (QED) is 0.688. The van der Waals surface area contributed by atoms with Gasteiger partial charge < -0.3 is 5.11 Å². The van der Waals surface area contributed by atoms with Gasteiger partial charge in [0.05, 0.1) is 15.4 Å². The Hall–Kier alpha value is -2.48. The molecule has 0 saturated carbocycles. The standard InChI is InChI=1S/C13H9FN2O4S/c1-7-10(16(19)20)4-5-12(15-7)21-11-6-8(13(17)18)2-3-9(11)14/h2-6H,1H3,(H,17,18). The van der Waals surface area contributed by atoms with Crippen LogP contribution >= 0.6 is 11.8 Å². The summed E-state index contributed by atoms with van der Waals surface area (Å²) in [5.41, 5.74) is 0.0384. The first kappa shape index (κ1) is 14.9. The van der Waals surface area contributed by atoms with Crippen LogP contribution in [0.2, 0.25) is 0 Å². The number of hydrogen-bond acceptors (Lipinski definition) is 5. The number of carboxylic acid groups (broad SMARTS) is 1.